The molecular formula is C12H17N5O. The maximum Gasteiger partial charge on any atom is 0.227 e. The van der Waals surface area contributed by atoms with Crippen LogP contribution < -0.4 is 5.32 Å². The zero-order chi connectivity index (χ0) is 13.0. The van der Waals surface area contributed by atoms with E-state index in [1.165, 1.54) is 0 Å². The van der Waals surface area contributed by atoms with Gasteiger partial charge in [0.15, 0.2) is 5.82 Å². The number of aromatic amines is 1. The number of nitrogens with zero attached hydrogens (tertiary/aromatic N) is 3. The Labute approximate surface area is 105 Å². The van der Waals surface area contributed by atoms with Crippen molar-refractivity contribution in [1.82, 2.24) is 20.0 Å². The minimum Gasteiger partial charge on any atom is -0.309 e. The Morgan fingerprint density at radius 1 is 1.56 bits per heavy atom. The van der Waals surface area contributed by atoms with Gasteiger partial charge >= 0.3 is 0 Å². The molecular weight excluding hydrogens is 230 g/mol. The molecule has 6 heteroatoms. The van der Waals surface area contributed by atoms with Crippen LogP contribution in [0.1, 0.15) is 31.9 Å². The van der Waals surface area contributed by atoms with Gasteiger partial charge in [-0.05, 0) is 12.0 Å². The first kappa shape index (κ1) is 12.3. The van der Waals surface area contributed by atoms with Crippen molar-refractivity contribution in [3.8, 4) is 0 Å². The van der Waals surface area contributed by atoms with Crippen LogP contribution in [0.4, 0.5) is 5.82 Å². The summed E-state index contributed by atoms with van der Waals surface area (Å²) in [6.45, 7) is 4.70. The fourth-order valence-corrected chi connectivity index (χ4v) is 1.55. The third-order valence-corrected chi connectivity index (χ3v) is 2.61. The van der Waals surface area contributed by atoms with Gasteiger partial charge in [-0.15, -0.1) is 0 Å². The number of aromatic nitrogens is 4. The number of H-pyrrole nitrogens is 1. The molecule has 0 spiro atoms. The Morgan fingerprint density at radius 3 is 3.00 bits per heavy atom. The second-order valence-corrected chi connectivity index (χ2v) is 4.43. The summed E-state index contributed by atoms with van der Waals surface area (Å²) >= 11 is 0. The Bertz CT molecular complexity index is 500. The molecule has 0 aromatic carbocycles. The van der Waals surface area contributed by atoms with Crippen LogP contribution in [0.15, 0.2) is 24.5 Å². The van der Waals surface area contributed by atoms with Gasteiger partial charge in [0.05, 0.1) is 0 Å². The first-order valence-electron chi connectivity index (χ1n) is 5.97. The highest BCUT2D eigenvalue weighted by atomic mass is 16.1. The predicted octanol–water partition coefficient (Wildman–Crippen LogP) is 1.76. The normalized spacial score (nSPS) is 10.8. The van der Waals surface area contributed by atoms with Gasteiger partial charge in [-0.25, -0.2) is 0 Å². The summed E-state index contributed by atoms with van der Waals surface area (Å²) in [6, 6.07) is 3.69. The van der Waals surface area contributed by atoms with Crippen LogP contribution in [0, 0.1) is 0 Å². The van der Waals surface area contributed by atoms with Gasteiger partial charge in [-0.3, -0.25) is 14.6 Å². The largest absolute Gasteiger partial charge is 0.309 e. The Hall–Kier alpha value is -2.11. The van der Waals surface area contributed by atoms with Crippen molar-refractivity contribution in [2.75, 3.05) is 5.32 Å². The van der Waals surface area contributed by atoms with E-state index in [4.69, 9.17) is 0 Å². The maximum absolute atomic E-state index is 11.7. The van der Waals surface area contributed by atoms with Gasteiger partial charge in [0.2, 0.25) is 5.91 Å². The molecule has 0 aliphatic rings. The van der Waals surface area contributed by atoms with Crippen molar-refractivity contribution in [3.05, 3.63) is 30.2 Å². The predicted molar refractivity (Wildman–Crippen MR) is 68.2 cm³/mol. The van der Waals surface area contributed by atoms with Gasteiger partial charge in [-0.2, -0.15) is 10.2 Å². The molecule has 0 aliphatic carbocycles. The van der Waals surface area contributed by atoms with Gasteiger partial charge in [0, 0.05) is 37.1 Å². The van der Waals surface area contributed by atoms with Crippen molar-refractivity contribution in [2.24, 2.45) is 0 Å². The van der Waals surface area contributed by atoms with E-state index in [-0.39, 0.29) is 5.91 Å². The molecule has 0 atom stereocenters. The van der Waals surface area contributed by atoms with Crippen molar-refractivity contribution < 1.29 is 4.79 Å². The summed E-state index contributed by atoms with van der Waals surface area (Å²) < 4.78 is 1.73. The molecule has 2 aromatic rings. The van der Waals surface area contributed by atoms with Crippen molar-refractivity contribution in [1.29, 1.82) is 0 Å². The molecule has 2 rings (SSSR count). The zero-order valence-electron chi connectivity index (χ0n) is 10.6. The maximum atomic E-state index is 11.7. The molecule has 2 heterocycles. The highest BCUT2D eigenvalue weighted by Gasteiger charge is 2.08. The minimum atomic E-state index is -0.0627. The van der Waals surface area contributed by atoms with E-state index in [0.717, 1.165) is 5.69 Å². The van der Waals surface area contributed by atoms with E-state index in [1.807, 2.05) is 18.3 Å². The second-order valence-electron chi connectivity index (χ2n) is 4.43. The number of hydrogen-bond acceptors (Lipinski definition) is 3. The molecule has 0 fully saturated rings. The van der Waals surface area contributed by atoms with Crippen LogP contribution in [0.25, 0.3) is 0 Å². The minimum absolute atomic E-state index is 0.0627. The first-order valence-corrected chi connectivity index (χ1v) is 5.97. The Morgan fingerprint density at radius 2 is 2.39 bits per heavy atom. The number of rotatable bonds is 5. The van der Waals surface area contributed by atoms with Gasteiger partial charge in [0.25, 0.3) is 0 Å². The number of aryl methyl sites for hydroxylation is 1. The van der Waals surface area contributed by atoms with Gasteiger partial charge < -0.3 is 5.32 Å². The van der Waals surface area contributed by atoms with Gasteiger partial charge in [0.1, 0.15) is 0 Å². The van der Waals surface area contributed by atoms with E-state index in [1.54, 1.807) is 10.9 Å². The number of carbonyl (C=O) groups is 1. The molecule has 2 aromatic heterocycles. The highest BCUT2D eigenvalue weighted by Crippen LogP contribution is 2.14. The molecule has 0 unspecified atom stereocenters. The van der Waals surface area contributed by atoms with Gasteiger partial charge in [-0.1, -0.05) is 13.8 Å². The Balaban J connectivity index is 1.83. The monoisotopic (exact) mass is 247 g/mol. The van der Waals surface area contributed by atoms with E-state index in [0.29, 0.717) is 24.7 Å². The fourth-order valence-electron chi connectivity index (χ4n) is 1.55. The van der Waals surface area contributed by atoms with Crippen LogP contribution in [0.3, 0.4) is 0 Å². The molecule has 1 amide bonds. The average Bonchev–Trinajstić information content (AvgIpc) is 2.96. The lowest BCUT2D eigenvalue weighted by Gasteiger charge is -2.02. The number of hydrogen-bond donors (Lipinski definition) is 2. The summed E-state index contributed by atoms with van der Waals surface area (Å²) in [5.74, 6) is 0.878. The van der Waals surface area contributed by atoms with Crippen molar-refractivity contribution in [2.45, 2.75) is 32.7 Å². The Kier molecular flexibility index (Phi) is 3.76. The van der Waals surface area contributed by atoms with E-state index in [2.05, 4.69) is 34.5 Å². The molecule has 18 heavy (non-hydrogen) atoms. The van der Waals surface area contributed by atoms with E-state index in [9.17, 15) is 4.79 Å². The standard InChI is InChI=1S/C12H17N5O/c1-9(2)10-8-11(16-15-10)14-12(18)4-7-17-6-3-5-13-17/h3,5-6,8-9H,4,7H2,1-2H3,(H2,14,15,16,18). The second kappa shape index (κ2) is 5.48. The van der Waals surface area contributed by atoms with E-state index < -0.39 is 0 Å². The molecule has 0 radical (unpaired) electrons. The number of anilines is 1. The SMILES string of the molecule is CC(C)c1cc(NC(=O)CCn2cccn2)n[nH]1. The molecule has 96 valence electrons. The zero-order valence-corrected chi connectivity index (χ0v) is 10.6. The molecule has 0 aliphatic heterocycles. The molecule has 0 bridgehead atoms. The van der Waals surface area contributed by atoms with E-state index >= 15 is 0 Å². The van der Waals surface area contributed by atoms with Crippen LogP contribution in [-0.4, -0.2) is 25.9 Å². The third-order valence-electron chi connectivity index (χ3n) is 2.61. The summed E-state index contributed by atoms with van der Waals surface area (Å²) in [7, 11) is 0. The molecule has 0 saturated heterocycles. The summed E-state index contributed by atoms with van der Waals surface area (Å²) in [6.07, 6.45) is 3.91. The average molecular weight is 247 g/mol. The van der Waals surface area contributed by atoms with Crippen LogP contribution in [-0.2, 0) is 11.3 Å². The lowest BCUT2D eigenvalue weighted by Crippen LogP contribution is -2.14. The van der Waals surface area contributed by atoms with Crippen molar-refractivity contribution in [3.63, 3.8) is 0 Å². The first-order chi connectivity index (χ1) is 8.65. The fraction of sp³-hybridized carbons (Fsp3) is 0.417. The van der Waals surface area contributed by atoms with Crippen LogP contribution in [0.2, 0.25) is 0 Å². The van der Waals surface area contributed by atoms with Crippen molar-refractivity contribution >= 4 is 11.7 Å². The topological polar surface area (TPSA) is 75.6 Å². The molecule has 2 N–H and O–H groups in total. The number of carbonyl (C=O) groups excluding carboxylic acids is 1. The summed E-state index contributed by atoms with van der Waals surface area (Å²) in [5.41, 5.74) is 1.01. The summed E-state index contributed by atoms with van der Waals surface area (Å²) in [5, 5.41) is 13.7. The quantitative estimate of drug-likeness (QED) is 0.845. The molecule has 6 nitrogen and oxygen atoms in total. The number of nitrogens with one attached hydrogen (secondary N) is 2. The molecule has 0 saturated carbocycles. The number of amides is 1. The summed E-state index contributed by atoms with van der Waals surface area (Å²) in [4.78, 5) is 11.7. The smallest absolute Gasteiger partial charge is 0.227 e. The third kappa shape index (κ3) is 3.19. The van der Waals surface area contributed by atoms with Crippen LogP contribution in [0.5, 0.6) is 0 Å². The highest BCUT2D eigenvalue weighted by molar-refractivity contribution is 5.89. The van der Waals surface area contributed by atoms with Crippen LogP contribution >= 0.6 is 0 Å². The lowest BCUT2D eigenvalue weighted by molar-refractivity contribution is -0.116. The lowest BCUT2D eigenvalue weighted by atomic mass is 10.1.